The van der Waals surface area contributed by atoms with Gasteiger partial charge in [-0.2, -0.15) is 0 Å². The summed E-state index contributed by atoms with van der Waals surface area (Å²) in [6, 6.07) is 1.99. The number of hydrogen-bond acceptors (Lipinski definition) is 10. The average molecular weight is 502 g/mol. The predicted octanol–water partition coefficient (Wildman–Crippen LogP) is 0.702. The molecule has 0 radical (unpaired) electrons. The Morgan fingerprint density at radius 1 is 1.44 bits per heavy atom. The van der Waals surface area contributed by atoms with Gasteiger partial charge >= 0.3 is 5.97 Å². The molecule has 3 heterocycles. The number of fused-ring (bicyclic) bond motifs is 1. The maximum Gasteiger partial charge on any atom is 0.352 e. The molecule has 11 nitrogen and oxygen atoms in total. The summed E-state index contributed by atoms with van der Waals surface area (Å²) in [5.41, 5.74) is -0.440. The van der Waals surface area contributed by atoms with Gasteiger partial charge < -0.3 is 19.7 Å². The molecule has 0 saturated carbocycles. The van der Waals surface area contributed by atoms with Crippen molar-refractivity contribution in [1.82, 2.24) is 10.2 Å². The van der Waals surface area contributed by atoms with Gasteiger partial charge in [0.25, 0.3) is 16.9 Å². The smallest absolute Gasteiger partial charge is 0.352 e. The Labute approximate surface area is 194 Å². The van der Waals surface area contributed by atoms with Gasteiger partial charge in [0.05, 0.1) is 12.1 Å². The maximum absolute atomic E-state index is 12.7. The number of thioether (sulfide) groups is 2. The van der Waals surface area contributed by atoms with Crippen LogP contribution in [0.15, 0.2) is 39.2 Å². The molecule has 2 aliphatic rings. The summed E-state index contributed by atoms with van der Waals surface area (Å²) in [4.78, 5) is 66.3. The number of nitrogens with one attached hydrogen (secondary N) is 1. The van der Waals surface area contributed by atoms with Crippen LogP contribution in [0.2, 0.25) is 0 Å². The first-order chi connectivity index (χ1) is 15.3. The number of alkyl halides is 1. The van der Waals surface area contributed by atoms with Gasteiger partial charge in [-0.05, 0) is 17.7 Å². The minimum absolute atomic E-state index is 0.0521. The molecule has 0 bridgehead atoms. The lowest BCUT2D eigenvalue weighted by Crippen LogP contribution is -2.71. The van der Waals surface area contributed by atoms with E-state index in [9.17, 15) is 29.1 Å². The number of halogens is 1. The molecule has 1 saturated heterocycles. The fourth-order valence-electron chi connectivity index (χ4n) is 3.00. The number of hydrogen-bond donors (Lipinski definition) is 2. The summed E-state index contributed by atoms with van der Waals surface area (Å²) in [7, 11) is 1.14. The molecule has 2 amide bonds. The number of amides is 2. The van der Waals surface area contributed by atoms with Crippen LogP contribution in [0, 0.1) is 0 Å². The highest BCUT2D eigenvalue weighted by atomic mass is 35.5. The molecule has 32 heavy (non-hydrogen) atoms. The van der Waals surface area contributed by atoms with Gasteiger partial charge in [-0.1, -0.05) is 16.9 Å². The summed E-state index contributed by atoms with van der Waals surface area (Å²) in [5.74, 6) is -3.84. The van der Waals surface area contributed by atoms with Gasteiger partial charge in [-0.15, -0.1) is 23.4 Å². The fourth-order valence-corrected chi connectivity index (χ4v) is 5.40. The zero-order chi connectivity index (χ0) is 23.4. The van der Waals surface area contributed by atoms with Crippen LogP contribution in [0.3, 0.4) is 0 Å². The van der Waals surface area contributed by atoms with Crippen LogP contribution in [-0.2, 0) is 24.0 Å². The number of oxime groups is 1. The van der Waals surface area contributed by atoms with Crippen molar-refractivity contribution in [3.8, 4) is 0 Å². The highest BCUT2D eigenvalue weighted by Crippen LogP contribution is 2.41. The first-order valence-electron chi connectivity index (χ1n) is 8.92. The van der Waals surface area contributed by atoms with Crippen molar-refractivity contribution in [3.05, 3.63) is 35.4 Å². The Morgan fingerprint density at radius 2 is 2.19 bits per heavy atom. The second kappa shape index (κ2) is 10.2. The van der Waals surface area contributed by atoms with Crippen LogP contribution in [0.4, 0.5) is 0 Å². The van der Waals surface area contributed by atoms with Crippen molar-refractivity contribution >= 4 is 69.5 Å². The number of carbonyl (C=O) groups excluding carboxylic acids is 4. The summed E-state index contributed by atoms with van der Waals surface area (Å²) in [6.45, 7) is 0. The molecule has 2 atom stereocenters. The maximum atomic E-state index is 12.7. The van der Waals surface area contributed by atoms with E-state index in [2.05, 4.69) is 15.3 Å². The standard InChI is InChI=1S/C18H16ClN3O8S2/c1-29-21-11(9(23)5-19)14(24)20-12-15(25)22-13(17(26)27)8(6-31-16(12)22)7-32-18(28)10-3-2-4-30-10/h2-4,12,16H,5-7H2,1H3,(H,20,24)(H,26,27)/b21-11-/t12-,16-/m1/s1. The zero-order valence-corrected chi connectivity index (χ0v) is 18.8. The molecule has 0 unspecified atom stereocenters. The molecule has 2 N–H and O–H groups in total. The third kappa shape index (κ3) is 4.69. The number of β-lactam (4-membered cyclic amide) rings is 1. The lowest BCUT2D eigenvalue weighted by Gasteiger charge is -2.49. The average Bonchev–Trinajstić information content (AvgIpc) is 3.33. The van der Waals surface area contributed by atoms with E-state index in [-0.39, 0.29) is 28.1 Å². The second-order valence-electron chi connectivity index (χ2n) is 6.35. The van der Waals surface area contributed by atoms with Crippen LogP contribution < -0.4 is 5.32 Å². The lowest BCUT2D eigenvalue weighted by molar-refractivity contribution is -0.150. The first kappa shape index (κ1) is 23.9. The molecular formula is C18H16ClN3O8S2. The van der Waals surface area contributed by atoms with E-state index < -0.39 is 46.6 Å². The molecule has 1 aromatic heterocycles. The Bertz CT molecular complexity index is 1020. The van der Waals surface area contributed by atoms with Crippen molar-refractivity contribution in [1.29, 1.82) is 0 Å². The van der Waals surface area contributed by atoms with Crippen molar-refractivity contribution in [2.75, 3.05) is 24.5 Å². The SMILES string of the molecule is CO/N=C(/C(=O)CCl)C(=O)N[C@@H]1C(=O)N2C(C(=O)O)=C(CSC(=O)c3ccco3)CS[C@H]12. The molecular weight excluding hydrogens is 486 g/mol. The van der Waals surface area contributed by atoms with Crippen molar-refractivity contribution in [2.45, 2.75) is 11.4 Å². The molecule has 1 fully saturated rings. The van der Waals surface area contributed by atoms with Crippen LogP contribution in [0.25, 0.3) is 0 Å². The highest BCUT2D eigenvalue weighted by Gasteiger charge is 2.54. The van der Waals surface area contributed by atoms with E-state index in [1.807, 2.05) is 0 Å². The van der Waals surface area contributed by atoms with Crippen LogP contribution >= 0.6 is 35.1 Å². The lowest BCUT2D eigenvalue weighted by atomic mass is 10.0. The number of ketones is 1. The van der Waals surface area contributed by atoms with Gasteiger partial charge in [-0.3, -0.25) is 24.1 Å². The van der Waals surface area contributed by atoms with E-state index in [1.165, 1.54) is 24.1 Å². The normalized spacial score (nSPS) is 20.4. The van der Waals surface area contributed by atoms with E-state index in [0.29, 0.717) is 5.57 Å². The Balaban J connectivity index is 1.73. The molecule has 0 aliphatic carbocycles. The fraction of sp³-hybridized carbons (Fsp3) is 0.333. The quantitative estimate of drug-likeness (QED) is 0.162. The van der Waals surface area contributed by atoms with Crippen molar-refractivity contribution in [2.24, 2.45) is 5.16 Å². The van der Waals surface area contributed by atoms with E-state index in [1.54, 1.807) is 6.07 Å². The summed E-state index contributed by atoms with van der Waals surface area (Å²) in [5, 5.41) is 14.3. The van der Waals surface area contributed by atoms with Crippen molar-refractivity contribution < 1.29 is 38.3 Å². The second-order valence-corrected chi connectivity index (χ2v) is 8.67. The number of carboxylic acids is 1. The molecule has 3 rings (SSSR count). The molecule has 0 spiro atoms. The summed E-state index contributed by atoms with van der Waals surface area (Å²) in [6.07, 6.45) is 1.35. The summed E-state index contributed by atoms with van der Waals surface area (Å²) < 4.78 is 5.02. The van der Waals surface area contributed by atoms with E-state index in [4.69, 9.17) is 16.0 Å². The van der Waals surface area contributed by atoms with Gasteiger partial charge in [0.2, 0.25) is 11.5 Å². The van der Waals surface area contributed by atoms with Gasteiger partial charge in [0.15, 0.2) is 5.76 Å². The van der Waals surface area contributed by atoms with Crippen molar-refractivity contribution in [3.63, 3.8) is 0 Å². The monoisotopic (exact) mass is 501 g/mol. The van der Waals surface area contributed by atoms with Gasteiger partial charge in [0.1, 0.15) is 24.2 Å². The third-order valence-electron chi connectivity index (χ3n) is 4.42. The number of rotatable bonds is 9. The number of nitrogens with zero attached hydrogens (tertiary/aromatic N) is 2. The number of carboxylic acid groups (broad SMARTS) is 1. The van der Waals surface area contributed by atoms with E-state index in [0.717, 1.165) is 23.8 Å². The number of Topliss-reactive ketones (excluding diaryl/α,β-unsaturated/α-hetero) is 1. The predicted molar refractivity (Wildman–Crippen MR) is 115 cm³/mol. The van der Waals surface area contributed by atoms with Crippen LogP contribution in [-0.4, -0.2) is 80.3 Å². The zero-order valence-electron chi connectivity index (χ0n) is 16.4. The Hall–Kier alpha value is -2.77. The largest absolute Gasteiger partial charge is 0.477 e. The first-order valence-corrected chi connectivity index (χ1v) is 11.5. The Kier molecular flexibility index (Phi) is 7.64. The highest BCUT2D eigenvalue weighted by molar-refractivity contribution is 8.14. The minimum Gasteiger partial charge on any atom is -0.477 e. The van der Waals surface area contributed by atoms with Gasteiger partial charge in [-0.25, -0.2) is 4.79 Å². The number of carbonyl (C=O) groups is 5. The number of furan rings is 1. The molecule has 170 valence electrons. The van der Waals surface area contributed by atoms with Gasteiger partial charge in [0, 0.05) is 11.5 Å². The minimum atomic E-state index is -1.33. The van der Waals surface area contributed by atoms with Crippen LogP contribution in [0.5, 0.6) is 0 Å². The van der Waals surface area contributed by atoms with Crippen LogP contribution in [0.1, 0.15) is 10.6 Å². The Morgan fingerprint density at radius 3 is 2.78 bits per heavy atom. The summed E-state index contributed by atoms with van der Waals surface area (Å²) >= 11 is 7.54. The number of aliphatic carboxylic acids is 1. The molecule has 14 heteroatoms. The molecule has 2 aliphatic heterocycles. The van der Waals surface area contributed by atoms with E-state index >= 15 is 0 Å². The molecule has 0 aromatic carbocycles. The topological polar surface area (TPSA) is 156 Å². The molecule has 1 aromatic rings. The third-order valence-corrected chi connectivity index (χ3v) is 6.96.